The maximum Gasteiger partial charge on any atom is 0.191 e. The molecule has 142 valence electrons. The van der Waals surface area contributed by atoms with Crippen molar-refractivity contribution in [2.75, 3.05) is 39.7 Å². The summed E-state index contributed by atoms with van der Waals surface area (Å²) in [6, 6.07) is 7.62. The van der Waals surface area contributed by atoms with E-state index in [9.17, 15) is 0 Å². The van der Waals surface area contributed by atoms with Gasteiger partial charge in [0.25, 0.3) is 0 Å². The average Bonchev–Trinajstić information content (AvgIpc) is 3.11. The molecule has 26 heavy (non-hydrogen) atoms. The van der Waals surface area contributed by atoms with E-state index in [-0.39, 0.29) is 6.10 Å². The molecule has 2 N–H and O–H groups in total. The molecular weight excluding hydrogens is 350 g/mol. The van der Waals surface area contributed by atoms with Crippen LogP contribution in [0.4, 0.5) is 5.13 Å². The fourth-order valence-electron chi connectivity index (χ4n) is 2.19. The summed E-state index contributed by atoms with van der Waals surface area (Å²) in [5.41, 5.74) is 0.986. The van der Waals surface area contributed by atoms with Crippen LogP contribution in [0, 0.1) is 0 Å². The number of aliphatic imine (C=N–C) groups is 1. The standard InChI is InChI=1S/C18H27N5O2S/c1-13(25-16-9-7-6-8-15(16)24-5)10-20-17(19-2)21-11-14-12-26-18(22-14)23(3)4/h6-9,12-13H,10-11H2,1-5H3,(H2,19,20,21). The molecule has 0 fully saturated rings. The molecule has 0 aliphatic rings. The number of rotatable bonds is 8. The third-order valence-electron chi connectivity index (χ3n) is 3.54. The summed E-state index contributed by atoms with van der Waals surface area (Å²) in [4.78, 5) is 10.8. The first-order valence-corrected chi connectivity index (χ1v) is 9.27. The van der Waals surface area contributed by atoms with Crippen LogP contribution in [-0.2, 0) is 6.54 Å². The number of anilines is 1. The zero-order valence-electron chi connectivity index (χ0n) is 15.9. The predicted octanol–water partition coefficient (Wildman–Crippen LogP) is 2.35. The Bertz CT molecular complexity index is 717. The second-order valence-corrected chi connectivity index (χ2v) is 6.74. The molecule has 8 heteroatoms. The number of hydrogen-bond donors (Lipinski definition) is 2. The third kappa shape index (κ3) is 5.80. The number of para-hydroxylation sites is 2. The van der Waals surface area contributed by atoms with Crippen molar-refractivity contribution < 1.29 is 9.47 Å². The number of ether oxygens (including phenoxy) is 2. The van der Waals surface area contributed by atoms with Gasteiger partial charge in [-0.2, -0.15) is 0 Å². The number of guanidine groups is 1. The van der Waals surface area contributed by atoms with E-state index in [1.165, 1.54) is 0 Å². The van der Waals surface area contributed by atoms with E-state index in [1.54, 1.807) is 25.5 Å². The smallest absolute Gasteiger partial charge is 0.191 e. The Morgan fingerprint density at radius 1 is 1.27 bits per heavy atom. The highest BCUT2D eigenvalue weighted by atomic mass is 32.1. The van der Waals surface area contributed by atoms with E-state index in [0.29, 0.717) is 19.0 Å². The summed E-state index contributed by atoms with van der Waals surface area (Å²) in [6.45, 7) is 3.22. The monoisotopic (exact) mass is 377 g/mol. The van der Waals surface area contributed by atoms with Crippen LogP contribution in [-0.4, -0.2) is 51.8 Å². The number of nitrogens with one attached hydrogen (secondary N) is 2. The maximum absolute atomic E-state index is 5.94. The fraction of sp³-hybridized carbons (Fsp3) is 0.444. The Kier molecular flexibility index (Phi) is 7.53. The van der Waals surface area contributed by atoms with Crippen molar-refractivity contribution in [1.29, 1.82) is 0 Å². The van der Waals surface area contributed by atoms with Crippen LogP contribution in [0.5, 0.6) is 11.5 Å². The van der Waals surface area contributed by atoms with Gasteiger partial charge in [-0.1, -0.05) is 12.1 Å². The van der Waals surface area contributed by atoms with Crippen molar-refractivity contribution in [3.63, 3.8) is 0 Å². The minimum Gasteiger partial charge on any atom is -0.493 e. The van der Waals surface area contributed by atoms with Crippen molar-refractivity contribution >= 4 is 22.4 Å². The first-order chi connectivity index (χ1) is 12.5. The Hall–Kier alpha value is -2.48. The van der Waals surface area contributed by atoms with E-state index < -0.39 is 0 Å². The van der Waals surface area contributed by atoms with Crippen LogP contribution in [0.15, 0.2) is 34.6 Å². The van der Waals surface area contributed by atoms with E-state index in [1.807, 2.05) is 55.6 Å². The lowest BCUT2D eigenvalue weighted by Crippen LogP contribution is -2.41. The normalized spacial score (nSPS) is 12.4. The molecule has 1 aromatic carbocycles. The summed E-state index contributed by atoms with van der Waals surface area (Å²) in [5.74, 6) is 2.16. The predicted molar refractivity (Wildman–Crippen MR) is 108 cm³/mol. The van der Waals surface area contributed by atoms with Crippen LogP contribution in [0.2, 0.25) is 0 Å². The summed E-state index contributed by atoms with van der Waals surface area (Å²) >= 11 is 1.62. The molecule has 0 radical (unpaired) electrons. The van der Waals surface area contributed by atoms with Crippen molar-refractivity contribution in [1.82, 2.24) is 15.6 Å². The summed E-state index contributed by atoms with van der Waals surface area (Å²) in [6.07, 6.45) is -0.0514. The van der Waals surface area contributed by atoms with E-state index in [4.69, 9.17) is 9.47 Å². The number of aromatic nitrogens is 1. The molecule has 2 aromatic rings. The first-order valence-electron chi connectivity index (χ1n) is 8.39. The summed E-state index contributed by atoms with van der Waals surface area (Å²) < 4.78 is 11.2. The Morgan fingerprint density at radius 2 is 2.00 bits per heavy atom. The minimum absolute atomic E-state index is 0.0514. The molecule has 0 bridgehead atoms. The molecule has 1 heterocycles. The lowest BCUT2D eigenvalue weighted by molar-refractivity contribution is 0.213. The molecule has 0 saturated heterocycles. The Balaban J connectivity index is 1.80. The van der Waals surface area contributed by atoms with Crippen molar-refractivity contribution in [3.8, 4) is 11.5 Å². The third-order valence-corrected chi connectivity index (χ3v) is 4.59. The van der Waals surface area contributed by atoms with Gasteiger partial charge in [0.15, 0.2) is 22.6 Å². The van der Waals surface area contributed by atoms with Gasteiger partial charge in [0.1, 0.15) is 6.10 Å². The average molecular weight is 378 g/mol. The van der Waals surface area contributed by atoms with Crippen LogP contribution < -0.4 is 25.0 Å². The maximum atomic E-state index is 5.94. The summed E-state index contributed by atoms with van der Waals surface area (Å²) in [5, 5.41) is 9.56. The molecule has 0 aliphatic carbocycles. The van der Waals surface area contributed by atoms with Crippen LogP contribution in [0.1, 0.15) is 12.6 Å². The highest BCUT2D eigenvalue weighted by molar-refractivity contribution is 7.13. The quantitative estimate of drug-likeness (QED) is 0.544. The highest BCUT2D eigenvalue weighted by Crippen LogP contribution is 2.26. The van der Waals surface area contributed by atoms with Crippen LogP contribution in [0.3, 0.4) is 0 Å². The van der Waals surface area contributed by atoms with Gasteiger partial charge in [0.05, 0.1) is 25.9 Å². The van der Waals surface area contributed by atoms with Gasteiger partial charge in [0.2, 0.25) is 0 Å². The molecule has 1 atom stereocenters. The Morgan fingerprint density at radius 3 is 2.62 bits per heavy atom. The number of nitrogens with zero attached hydrogens (tertiary/aromatic N) is 3. The molecule has 0 aliphatic heterocycles. The minimum atomic E-state index is -0.0514. The fourth-order valence-corrected chi connectivity index (χ4v) is 2.95. The SMILES string of the molecule is CN=C(NCc1csc(N(C)C)n1)NCC(C)Oc1ccccc1OC. The summed E-state index contributed by atoms with van der Waals surface area (Å²) in [7, 11) is 7.35. The van der Waals surface area contributed by atoms with Gasteiger partial charge in [-0.3, -0.25) is 4.99 Å². The molecule has 0 saturated carbocycles. The number of hydrogen-bond acceptors (Lipinski definition) is 6. The first kappa shape index (κ1) is 19.8. The van der Waals surface area contributed by atoms with Crippen molar-refractivity contribution in [3.05, 3.63) is 35.3 Å². The van der Waals surface area contributed by atoms with Gasteiger partial charge in [-0.25, -0.2) is 4.98 Å². The zero-order chi connectivity index (χ0) is 18.9. The molecule has 0 spiro atoms. The molecule has 1 unspecified atom stereocenters. The number of thiazole rings is 1. The number of benzene rings is 1. The van der Waals surface area contributed by atoms with E-state index >= 15 is 0 Å². The van der Waals surface area contributed by atoms with Crippen LogP contribution >= 0.6 is 11.3 Å². The Labute approximate surface area is 159 Å². The molecule has 0 amide bonds. The second kappa shape index (κ2) is 9.86. The largest absolute Gasteiger partial charge is 0.493 e. The highest BCUT2D eigenvalue weighted by Gasteiger charge is 2.10. The van der Waals surface area contributed by atoms with Crippen molar-refractivity contribution in [2.45, 2.75) is 19.6 Å². The molecule has 1 aromatic heterocycles. The number of methoxy groups -OCH3 is 1. The second-order valence-electron chi connectivity index (χ2n) is 5.90. The van der Waals surface area contributed by atoms with E-state index in [0.717, 1.165) is 22.3 Å². The topological polar surface area (TPSA) is 71.0 Å². The lowest BCUT2D eigenvalue weighted by atomic mass is 10.3. The van der Waals surface area contributed by atoms with E-state index in [2.05, 4.69) is 20.6 Å². The molecule has 7 nitrogen and oxygen atoms in total. The van der Waals surface area contributed by atoms with Gasteiger partial charge in [0, 0.05) is 26.5 Å². The van der Waals surface area contributed by atoms with Crippen molar-refractivity contribution in [2.24, 2.45) is 4.99 Å². The lowest BCUT2D eigenvalue weighted by Gasteiger charge is -2.18. The van der Waals surface area contributed by atoms with Crippen LogP contribution in [0.25, 0.3) is 0 Å². The van der Waals surface area contributed by atoms with Gasteiger partial charge in [-0.15, -0.1) is 11.3 Å². The van der Waals surface area contributed by atoms with Gasteiger partial charge < -0.3 is 25.0 Å². The molecular formula is C18H27N5O2S. The van der Waals surface area contributed by atoms with Gasteiger partial charge in [-0.05, 0) is 19.1 Å². The molecule has 2 rings (SSSR count). The zero-order valence-corrected chi connectivity index (χ0v) is 16.8. The van der Waals surface area contributed by atoms with Gasteiger partial charge >= 0.3 is 0 Å².